The van der Waals surface area contributed by atoms with E-state index in [1.807, 2.05) is 6.20 Å². The van der Waals surface area contributed by atoms with Crippen LogP contribution in [0, 0.1) is 0 Å². The van der Waals surface area contributed by atoms with Gasteiger partial charge < -0.3 is 14.8 Å². The number of rotatable bonds is 7. The van der Waals surface area contributed by atoms with Gasteiger partial charge in [-0.25, -0.2) is 4.98 Å². The Morgan fingerprint density at radius 1 is 1.29 bits per heavy atom. The molecule has 0 saturated carbocycles. The molecule has 4 nitrogen and oxygen atoms in total. The number of nitrogens with one attached hydrogen (secondary N) is 1. The van der Waals surface area contributed by atoms with Gasteiger partial charge in [-0.2, -0.15) is 0 Å². The highest BCUT2D eigenvalue weighted by atomic mass is 15.1. The van der Waals surface area contributed by atoms with Crippen LogP contribution in [-0.4, -0.2) is 30.2 Å². The Labute approximate surface area is 127 Å². The molecule has 0 spiro atoms. The molecular formula is C17H26N4. The fourth-order valence-electron chi connectivity index (χ4n) is 2.56. The van der Waals surface area contributed by atoms with Crippen molar-refractivity contribution < 1.29 is 0 Å². The first-order chi connectivity index (χ1) is 10.2. The molecule has 0 amide bonds. The third kappa shape index (κ3) is 3.64. The summed E-state index contributed by atoms with van der Waals surface area (Å²) in [6.07, 6.45) is 5.07. The molecule has 1 unspecified atom stereocenters. The van der Waals surface area contributed by atoms with Crippen molar-refractivity contribution in [3.63, 3.8) is 0 Å². The van der Waals surface area contributed by atoms with Gasteiger partial charge in [0.25, 0.3) is 0 Å². The topological polar surface area (TPSA) is 33.1 Å². The van der Waals surface area contributed by atoms with Crippen LogP contribution in [0.2, 0.25) is 0 Å². The van der Waals surface area contributed by atoms with E-state index in [9.17, 15) is 0 Å². The maximum Gasteiger partial charge on any atom is 0.130 e. The highest BCUT2D eigenvalue weighted by molar-refractivity contribution is 5.48. The summed E-state index contributed by atoms with van der Waals surface area (Å²) in [5, 5.41) is 3.56. The Morgan fingerprint density at radius 3 is 2.76 bits per heavy atom. The van der Waals surface area contributed by atoms with Crippen molar-refractivity contribution in [2.75, 3.05) is 25.5 Å². The molecule has 0 bridgehead atoms. The van der Waals surface area contributed by atoms with Crippen LogP contribution in [0.3, 0.4) is 0 Å². The van der Waals surface area contributed by atoms with Crippen molar-refractivity contribution in [2.45, 2.75) is 32.9 Å². The second kappa shape index (κ2) is 7.27. The summed E-state index contributed by atoms with van der Waals surface area (Å²) in [6, 6.07) is 8.79. The molecule has 2 aromatic rings. The molecule has 1 heterocycles. The lowest BCUT2D eigenvalue weighted by molar-refractivity contribution is 0.544. The first kappa shape index (κ1) is 15.6. The Kier molecular flexibility index (Phi) is 5.39. The molecule has 114 valence electrons. The monoisotopic (exact) mass is 286 g/mol. The van der Waals surface area contributed by atoms with E-state index in [4.69, 9.17) is 0 Å². The van der Waals surface area contributed by atoms with Crippen molar-refractivity contribution in [3.05, 3.63) is 48.0 Å². The molecule has 21 heavy (non-hydrogen) atoms. The largest absolute Gasteiger partial charge is 0.378 e. The molecule has 1 aromatic carbocycles. The van der Waals surface area contributed by atoms with E-state index in [1.54, 1.807) is 0 Å². The Balaban J connectivity index is 2.38. The summed E-state index contributed by atoms with van der Waals surface area (Å²) in [5.74, 6) is 1.09. The Hall–Kier alpha value is -1.81. The minimum Gasteiger partial charge on any atom is -0.378 e. The lowest BCUT2D eigenvalue weighted by atomic mass is 10.0. The molecular weight excluding hydrogens is 260 g/mol. The third-order valence-corrected chi connectivity index (χ3v) is 3.60. The minimum absolute atomic E-state index is 0.136. The first-order valence-electron chi connectivity index (χ1n) is 7.69. The van der Waals surface area contributed by atoms with Gasteiger partial charge in [-0.15, -0.1) is 0 Å². The summed E-state index contributed by atoms with van der Waals surface area (Å²) in [7, 11) is 4.14. The van der Waals surface area contributed by atoms with Crippen molar-refractivity contribution >= 4 is 5.69 Å². The summed E-state index contributed by atoms with van der Waals surface area (Å²) >= 11 is 0. The standard InChI is InChI=1S/C17H26N4/c1-5-11-21-12-10-19-17(21)16(18-6-2)14-8-7-9-15(13-14)20(3)4/h7-10,12-13,16,18H,5-6,11H2,1-4H3. The van der Waals surface area contributed by atoms with Gasteiger partial charge in [0.15, 0.2) is 0 Å². The number of imidazole rings is 1. The normalized spacial score (nSPS) is 12.4. The van der Waals surface area contributed by atoms with Gasteiger partial charge in [-0.1, -0.05) is 26.0 Å². The van der Waals surface area contributed by atoms with Gasteiger partial charge in [0.1, 0.15) is 5.82 Å². The van der Waals surface area contributed by atoms with Crippen LogP contribution < -0.4 is 10.2 Å². The molecule has 4 heteroatoms. The van der Waals surface area contributed by atoms with Gasteiger partial charge in [-0.3, -0.25) is 0 Å². The van der Waals surface area contributed by atoms with Crippen LogP contribution in [0.5, 0.6) is 0 Å². The van der Waals surface area contributed by atoms with E-state index in [1.165, 1.54) is 11.3 Å². The van der Waals surface area contributed by atoms with Crippen LogP contribution in [0.4, 0.5) is 5.69 Å². The number of hydrogen-bond acceptors (Lipinski definition) is 3. The van der Waals surface area contributed by atoms with Crippen LogP contribution >= 0.6 is 0 Å². The van der Waals surface area contributed by atoms with Crippen LogP contribution in [0.25, 0.3) is 0 Å². The fourth-order valence-corrected chi connectivity index (χ4v) is 2.56. The summed E-state index contributed by atoms with van der Waals surface area (Å²) in [6.45, 7) is 6.25. The molecule has 1 aromatic heterocycles. The highest BCUT2D eigenvalue weighted by Crippen LogP contribution is 2.24. The summed E-state index contributed by atoms with van der Waals surface area (Å²) < 4.78 is 2.25. The average Bonchev–Trinajstić information content (AvgIpc) is 2.93. The SMILES string of the molecule is CCCn1ccnc1C(NCC)c1cccc(N(C)C)c1. The van der Waals surface area contributed by atoms with Crippen LogP contribution in [-0.2, 0) is 6.54 Å². The lowest BCUT2D eigenvalue weighted by Crippen LogP contribution is -2.25. The van der Waals surface area contributed by atoms with E-state index in [2.05, 4.69) is 78.2 Å². The molecule has 0 fully saturated rings. The number of hydrogen-bond donors (Lipinski definition) is 1. The van der Waals surface area contributed by atoms with E-state index in [0.717, 1.165) is 25.3 Å². The number of benzene rings is 1. The zero-order valence-corrected chi connectivity index (χ0v) is 13.5. The quantitative estimate of drug-likeness (QED) is 0.849. The highest BCUT2D eigenvalue weighted by Gasteiger charge is 2.18. The molecule has 0 aliphatic heterocycles. The molecule has 0 saturated heterocycles. The number of aryl methyl sites for hydroxylation is 1. The Morgan fingerprint density at radius 2 is 2.10 bits per heavy atom. The second-order valence-corrected chi connectivity index (χ2v) is 5.46. The van der Waals surface area contributed by atoms with Gasteiger partial charge in [-0.05, 0) is 30.7 Å². The third-order valence-electron chi connectivity index (χ3n) is 3.60. The van der Waals surface area contributed by atoms with Crippen molar-refractivity contribution in [2.24, 2.45) is 0 Å². The van der Waals surface area contributed by atoms with E-state index >= 15 is 0 Å². The second-order valence-electron chi connectivity index (χ2n) is 5.46. The van der Waals surface area contributed by atoms with Gasteiger partial charge in [0, 0.05) is 38.7 Å². The summed E-state index contributed by atoms with van der Waals surface area (Å²) in [5.41, 5.74) is 2.47. The van der Waals surface area contributed by atoms with Gasteiger partial charge >= 0.3 is 0 Å². The van der Waals surface area contributed by atoms with Gasteiger partial charge in [0.05, 0.1) is 6.04 Å². The Bertz CT molecular complexity index is 559. The zero-order chi connectivity index (χ0) is 15.2. The van der Waals surface area contributed by atoms with E-state index < -0.39 is 0 Å². The van der Waals surface area contributed by atoms with E-state index in [0.29, 0.717) is 0 Å². The smallest absolute Gasteiger partial charge is 0.130 e. The molecule has 1 N–H and O–H groups in total. The summed E-state index contributed by atoms with van der Waals surface area (Å²) in [4.78, 5) is 6.72. The number of aromatic nitrogens is 2. The van der Waals surface area contributed by atoms with Crippen molar-refractivity contribution in [3.8, 4) is 0 Å². The van der Waals surface area contributed by atoms with Crippen LogP contribution in [0.15, 0.2) is 36.7 Å². The van der Waals surface area contributed by atoms with Gasteiger partial charge in [0.2, 0.25) is 0 Å². The molecule has 1 atom stereocenters. The fraction of sp³-hybridized carbons (Fsp3) is 0.471. The predicted octanol–water partition coefficient (Wildman–Crippen LogP) is 3.06. The first-order valence-corrected chi connectivity index (χ1v) is 7.69. The molecule has 0 aliphatic rings. The van der Waals surface area contributed by atoms with Crippen molar-refractivity contribution in [1.82, 2.24) is 14.9 Å². The number of nitrogens with zero attached hydrogens (tertiary/aromatic N) is 3. The number of anilines is 1. The average molecular weight is 286 g/mol. The molecule has 0 radical (unpaired) electrons. The maximum absolute atomic E-state index is 4.59. The minimum atomic E-state index is 0.136. The van der Waals surface area contributed by atoms with Crippen LogP contribution in [0.1, 0.15) is 37.7 Å². The maximum atomic E-state index is 4.59. The zero-order valence-electron chi connectivity index (χ0n) is 13.5. The lowest BCUT2D eigenvalue weighted by Gasteiger charge is -2.21. The van der Waals surface area contributed by atoms with E-state index in [-0.39, 0.29) is 6.04 Å². The van der Waals surface area contributed by atoms with Crippen molar-refractivity contribution in [1.29, 1.82) is 0 Å². The molecule has 0 aliphatic carbocycles. The molecule has 2 rings (SSSR count). The predicted molar refractivity (Wildman–Crippen MR) is 88.8 cm³/mol.